The van der Waals surface area contributed by atoms with Crippen LogP contribution < -0.4 is 15.8 Å². The number of carbonyl (C=O) groups excluding carboxylic acids is 1. The maximum Gasteiger partial charge on any atom is 0.255 e. The first kappa shape index (κ1) is 20.2. The summed E-state index contributed by atoms with van der Waals surface area (Å²) in [5.74, 6) is 0.402. The number of pyridine rings is 1. The first-order chi connectivity index (χ1) is 12.4. The molecule has 0 saturated heterocycles. The molecule has 27 heavy (non-hydrogen) atoms. The fourth-order valence-corrected chi connectivity index (χ4v) is 2.54. The highest BCUT2D eigenvalue weighted by atomic mass is 35.5. The van der Waals surface area contributed by atoms with Crippen molar-refractivity contribution in [2.24, 2.45) is 5.73 Å². The number of carbonyl (C=O) groups is 1. The Bertz CT molecular complexity index is 989. The van der Waals surface area contributed by atoms with Gasteiger partial charge in [-0.1, -0.05) is 12.1 Å². The number of hydrogen-bond acceptors (Lipinski definition) is 4. The number of rotatable bonds is 5. The van der Waals surface area contributed by atoms with Gasteiger partial charge >= 0.3 is 0 Å². The molecule has 6 nitrogen and oxygen atoms in total. The molecule has 4 N–H and O–H groups in total. The van der Waals surface area contributed by atoms with Crippen molar-refractivity contribution in [1.82, 2.24) is 4.98 Å². The SMILES string of the molecule is CC(C)Oc1cccc(NC(=O)c2ccc3nc(C(=N)N)ccc3c2)c1.Cl. The zero-order chi connectivity index (χ0) is 18.7. The van der Waals surface area contributed by atoms with Gasteiger partial charge in [0.1, 0.15) is 17.3 Å². The molecular weight excluding hydrogens is 364 g/mol. The van der Waals surface area contributed by atoms with E-state index in [1.807, 2.05) is 32.0 Å². The average Bonchev–Trinajstić information content (AvgIpc) is 2.60. The van der Waals surface area contributed by atoms with Crippen LogP contribution in [0.15, 0.2) is 54.6 Å². The number of fused-ring (bicyclic) bond motifs is 1. The standard InChI is InChI=1S/C20H20N4O2.ClH/c1-12(2)26-16-5-3-4-15(11-16)23-20(25)14-7-8-17-13(10-14)6-9-18(24-17)19(21)22;/h3-12H,1-2H3,(H3,21,22)(H,23,25);1H. The van der Waals surface area contributed by atoms with Crippen LogP contribution in [0, 0.1) is 5.41 Å². The van der Waals surface area contributed by atoms with Crippen molar-refractivity contribution in [2.75, 3.05) is 5.32 Å². The van der Waals surface area contributed by atoms with Crippen molar-refractivity contribution in [3.05, 3.63) is 65.9 Å². The Kier molecular flexibility index (Phi) is 6.36. The Morgan fingerprint density at radius 3 is 2.63 bits per heavy atom. The molecule has 1 heterocycles. The van der Waals surface area contributed by atoms with Crippen LogP contribution in [0.1, 0.15) is 29.9 Å². The van der Waals surface area contributed by atoms with Gasteiger partial charge in [0.25, 0.3) is 5.91 Å². The van der Waals surface area contributed by atoms with Crippen LogP contribution in [0.2, 0.25) is 0 Å². The molecule has 0 spiro atoms. The summed E-state index contributed by atoms with van der Waals surface area (Å²) in [6, 6.07) is 16.0. The molecule has 0 fully saturated rings. The molecule has 1 aromatic heterocycles. The maximum absolute atomic E-state index is 12.5. The third-order valence-electron chi connectivity index (χ3n) is 3.69. The Morgan fingerprint density at radius 2 is 1.93 bits per heavy atom. The highest BCUT2D eigenvalue weighted by Gasteiger charge is 2.09. The quantitative estimate of drug-likeness (QED) is 0.457. The molecule has 0 saturated carbocycles. The number of halogens is 1. The molecule has 0 aliphatic carbocycles. The van der Waals surface area contributed by atoms with Gasteiger partial charge in [-0.3, -0.25) is 10.2 Å². The minimum Gasteiger partial charge on any atom is -0.491 e. The van der Waals surface area contributed by atoms with Crippen molar-refractivity contribution >= 4 is 40.7 Å². The molecule has 3 aromatic rings. The first-order valence-corrected chi connectivity index (χ1v) is 8.25. The topological polar surface area (TPSA) is 101 Å². The number of benzene rings is 2. The van der Waals surface area contributed by atoms with Gasteiger partial charge in [-0.25, -0.2) is 4.98 Å². The number of anilines is 1. The second-order valence-electron chi connectivity index (χ2n) is 6.17. The summed E-state index contributed by atoms with van der Waals surface area (Å²) >= 11 is 0. The summed E-state index contributed by atoms with van der Waals surface area (Å²) < 4.78 is 5.64. The van der Waals surface area contributed by atoms with Gasteiger partial charge in [-0.2, -0.15) is 0 Å². The zero-order valence-electron chi connectivity index (χ0n) is 15.0. The number of nitrogens with two attached hydrogens (primary N) is 1. The first-order valence-electron chi connectivity index (χ1n) is 8.25. The molecule has 0 atom stereocenters. The highest BCUT2D eigenvalue weighted by Crippen LogP contribution is 2.20. The van der Waals surface area contributed by atoms with Crippen molar-refractivity contribution < 1.29 is 9.53 Å². The maximum atomic E-state index is 12.5. The number of nitrogens with zero attached hydrogens (tertiary/aromatic N) is 1. The fraction of sp³-hybridized carbons (Fsp3) is 0.150. The van der Waals surface area contributed by atoms with E-state index >= 15 is 0 Å². The lowest BCUT2D eigenvalue weighted by Crippen LogP contribution is -2.13. The minimum absolute atomic E-state index is 0. The van der Waals surface area contributed by atoms with Gasteiger partial charge < -0.3 is 15.8 Å². The number of amidine groups is 1. The van der Waals surface area contributed by atoms with E-state index in [-0.39, 0.29) is 30.3 Å². The molecule has 0 unspecified atom stereocenters. The Hall–Kier alpha value is -3.12. The van der Waals surface area contributed by atoms with Crippen LogP contribution in [0.3, 0.4) is 0 Å². The highest BCUT2D eigenvalue weighted by molar-refractivity contribution is 6.06. The van der Waals surface area contributed by atoms with Crippen molar-refractivity contribution in [3.8, 4) is 5.75 Å². The lowest BCUT2D eigenvalue weighted by Gasteiger charge is -2.11. The second kappa shape index (κ2) is 8.51. The molecule has 0 radical (unpaired) electrons. The van der Waals surface area contributed by atoms with E-state index in [1.165, 1.54) is 0 Å². The predicted molar refractivity (Wildman–Crippen MR) is 110 cm³/mol. The van der Waals surface area contributed by atoms with Gasteiger partial charge in [0.2, 0.25) is 0 Å². The zero-order valence-corrected chi connectivity index (χ0v) is 15.8. The normalized spacial score (nSPS) is 10.3. The van der Waals surface area contributed by atoms with Gasteiger partial charge in [-0.15, -0.1) is 12.4 Å². The Morgan fingerprint density at radius 1 is 1.15 bits per heavy atom. The molecule has 0 bridgehead atoms. The van der Waals surface area contributed by atoms with E-state index in [1.54, 1.807) is 36.4 Å². The second-order valence-corrected chi connectivity index (χ2v) is 6.17. The number of aromatic nitrogens is 1. The largest absolute Gasteiger partial charge is 0.491 e. The monoisotopic (exact) mass is 384 g/mol. The summed E-state index contributed by atoms with van der Waals surface area (Å²) in [7, 11) is 0. The van der Waals surface area contributed by atoms with Gasteiger partial charge in [-0.05, 0) is 50.2 Å². The van der Waals surface area contributed by atoms with E-state index < -0.39 is 0 Å². The molecule has 7 heteroatoms. The average molecular weight is 385 g/mol. The summed E-state index contributed by atoms with van der Waals surface area (Å²) in [6.07, 6.45) is 0.0637. The Labute approximate surface area is 163 Å². The fourth-order valence-electron chi connectivity index (χ4n) is 2.54. The molecular formula is C20H21ClN4O2. The molecule has 0 aliphatic rings. The number of nitrogen functional groups attached to an aromatic ring is 1. The van der Waals surface area contributed by atoms with Crippen LogP contribution in [-0.2, 0) is 0 Å². The Balaban J connectivity index is 0.00000261. The van der Waals surface area contributed by atoms with E-state index in [9.17, 15) is 4.79 Å². The van der Waals surface area contributed by atoms with Crippen LogP contribution in [-0.4, -0.2) is 22.8 Å². The number of hydrogen-bond donors (Lipinski definition) is 3. The molecule has 0 aliphatic heterocycles. The summed E-state index contributed by atoms with van der Waals surface area (Å²) in [4.78, 5) is 16.8. The van der Waals surface area contributed by atoms with E-state index in [4.69, 9.17) is 15.9 Å². The van der Waals surface area contributed by atoms with E-state index in [0.717, 1.165) is 5.39 Å². The molecule has 140 valence electrons. The number of nitrogens with one attached hydrogen (secondary N) is 2. The summed E-state index contributed by atoms with van der Waals surface area (Å²) in [5, 5.41) is 11.1. The molecule has 2 aromatic carbocycles. The molecule has 1 amide bonds. The lowest BCUT2D eigenvalue weighted by atomic mass is 10.1. The molecule has 3 rings (SSSR count). The minimum atomic E-state index is -0.218. The van der Waals surface area contributed by atoms with Gasteiger partial charge in [0.15, 0.2) is 0 Å². The number of amides is 1. The lowest BCUT2D eigenvalue weighted by molar-refractivity contribution is 0.102. The van der Waals surface area contributed by atoms with Gasteiger partial charge in [0, 0.05) is 22.7 Å². The van der Waals surface area contributed by atoms with E-state index in [0.29, 0.717) is 28.2 Å². The van der Waals surface area contributed by atoms with Crippen LogP contribution in [0.25, 0.3) is 10.9 Å². The summed E-state index contributed by atoms with van der Waals surface area (Å²) in [5.41, 5.74) is 7.74. The summed E-state index contributed by atoms with van der Waals surface area (Å²) in [6.45, 7) is 3.90. The van der Waals surface area contributed by atoms with Gasteiger partial charge in [0.05, 0.1) is 11.6 Å². The predicted octanol–water partition coefficient (Wildman–Crippen LogP) is 3.98. The number of ether oxygens (including phenoxy) is 1. The van der Waals surface area contributed by atoms with Crippen molar-refractivity contribution in [3.63, 3.8) is 0 Å². The third-order valence-corrected chi connectivity index (χ3v) is 3.69. The van der Waals surface area contributed by atoms with Crippen LogP contribution >= 0.6 is 12.4 Å². The van der Waals surface area contributed by atoms with Crippen LogP contribution in [0.5, 0.6) is 5.75 Å². The van der Waals surface area contributed by atoms with Crippen molar-refractivity contribution in [1.29, 1.82) is 5.41 Å². The van der Waals surface area contributed by atoms with Crippen molar-refractivity contribution in [2.45, 2.75) is 20.0 Å². The third kappa shape index (κ3) is 4.95. The van der Waals surface area contributed by atoms with E-state index in [2.05, 4.69) is 10.3 Å². The smallest absolute Gasteiger partial charge is 0.255 e. The van der Waals surface area contributed by atoms with Crippen LogP contribution in [0.4, 0.5) is 5.69 Å².